The summed E-state index contributed by atoms with van der Waals surface area (Å²) in [5, 5.41) is 11.8. The number of hydrogen-bond acceptors (Lipinski definition) is 3. The van der Waals surface area contributed by atoms with Gasteiger partial charge in [-0.1, -0.05) is 6.07 Å². The molecule has 1 N–H and O–H groups in total. The van der Waals surface area contributed by atoms with Gasteiger partial charge in [0.25, 0.3) is 0 Å². The number of hydrogen-bond donors (Lipinski definition) is 1. The number of nitriles is 1. The van der Waals surface area contributed by atoms with E-state index < -0.39 is 11.6 Å². The van der Waals surface area contributed by atoms with Crippen molar-refractivity contribution in [1.82, 2.24) is 0 Å². The first kappa shape index (κ1) is 12.8. The van der Waals surface area contributed by atoms with Gasteiger partial charge in [-0.25, -0.2) is 8.78 Å². The summed E-state index contributed by atoms with van der Waals surface area (Å²) >= 11 is 0. The maximum atomic E-state index is 13.6. The van der Waals surface area contributed by atoms with E-state index in [1.54, 1.807) is 18.2 Å². The highest BCUT2D eigenvalue weighted by molar-refractivity contribution is 5.73. The molecule has 3 nitrogen and oxygen atoms in total. The van der Waals surface area contributed by atoms with Crippen molar-refractivity contribution in [1.29, 1.82) is 5.26 Å². The van der Waals surface area contributed by atoms with E-state index in [0.717, 1.165) is 12.1 Å². The first-order valence-electron chi connectivity index (χ1n) is 5.45. The van der Waals surface area contributed by atoms with Gasteiger partial charge >= 0.3 is 0 Å². The number of para-hydroxylation sites is 1. The van der Waals surface area contributed by atoms with E-state index >= 15 is 0 Å². The Bertz CT molecular complexity index is 650. The highest BCUT2D eigenvalue weighted by Crippen LogP contribution is 2.31. The lowest BCUT2D eigenvalue weighted by Gasteiger charge is -2.13. The third kappa shape index (κ3) is 2.63. The number of anilines is 2. The molecule has 2 rings (SSSR count). The van der Waals surface area contributed by atoms with Gasteiger partial charge < -0.3 is 10.1 Å². The highest BCUT2D eigenvalue weighted by atomic mass is 19.1. The average molecular weight is 260 g/mol. The minimum absolute atomic E-state index is 0.0717. The van der Waals surface area contributed by atoms with Crippen LogP contribution < -0.4 is 10.1 Å². The molecule has 2 aromatic rings. The van der Waals surface area contributed by atoms with Crippen LogP contribution in [0.1, 0.15) is 5.56 Å². The number of nitrogens with zero attached hydrogens (tertiary/aromatic N) is 1. The molecular formula is C14H10F2N2O. The minimum Gasteiger partial charge on any atom is -0.495 e. The molecule has 0 aliphatic heterocycles. The van der Waals surface area contributed by atoms with Gasteiger partial charge in [-0.05, 0) is 24.3 Å². The van der Waals surface area contributed by atoms with Crippen molar-refractivity contribution >= 4 is 11.4 Å². The zero-order chi connectivity index (χ0) is 13.8. The predicted molar refractivity (Wildman–Crippen MR) is 67.3 cm³/mol. The first-order chi connectivity index (χ1) is 9.15. The van der Waals surface area contributed by atoms with Crippen LogP contribution in [0.5, 0.6) is 5.75 Å². The van der Waals surface area contributed by atoms with Crippen molar-refractivity contribution in [2.24, 2.45) is 0 Å². The van der Waals surface area contributed by atoms with Gasteiger partial charge in [-0.15, -0.1) is 0 Å². The SMILES string of the molecule is COc1cccc(C#N)c1Nc1ccc(F)cc1F. The van der Waals surface area contributed by atoms with Crippen molar-refractivity contribution in [3.05, 3.63) is 53.6 Å². The van der Waals surface area contributed by atoms with E-state index in [1.807, 2.05) is 6.07 Å². The summed E-state index contributed by atoms with van der Waals surface area (Å²) in [6.07, 6.45) is 0. The lowest BCUT2D eigenvalue weighted by molar-refractivity contribution is 0.416. The summed E-state index contributed by atoms with van der Waals surface area (Å²) in [7, 11) is 1.45. The smallest absolute Gasteiger partial charge is 0.149 e. The Balaban J connectivity index is 2.46. The quantitative estimate of drug-likeness (QED) is 0.917. The molecule has 0 unspecified atom stereocenters. The van der Waals surface area contributed by atoms with E-state index in [4.69, 9.17) is 10.00 Å². The Morgan fingerprint density at radius 3 is 2.63 bits per heavy atom. The van der Waals surface area contributed by atoms with Crippen molar-refractivity contribution in [2.45, 2.75) is 0 Å². The Kier molecular flexibility index (Phi) is 3.62. The molecule has 2 aromatic carbocycles. The molecule has 19 heavy (non-hydrogen) atoms. The van der Waals surface area contributed by atoms with E-state index in [1.165, 1.54) is 13.2 Å². The molecule has 0 aromatic heterocycles. The van der Waals surface area contributed by atoms with Gasteiger partial charge in [-0.2, -0.15) is 5.26 Å². The standard InChI is InChI=1S/C14H10F2N2O/c1-19-13-4-2-3-9(8-17)14(13)18-12-6-5-10(15)7-11(12)16/h2-7,18H,1H3. The van der Waals surface area contributed by atoms with Crippen LogP contribution in [0.25, 0.3) is 0 Å². The average Bonchev–Trinajstić information content (AvgIpc) is 2.42. The van der Waals surface area contributed by atoms with Crippen LogP contribution in [0, 0.1) is 23.0 Å². The predicted octanol–water partition coefficient (Wildman–Crippen LogP) is 3.59. The molecule has 0 fully saturated rings. The summed E-state index contributed by atoms with van der Waals surface area (Å²) in [5.41, 5.74) is 0.725. The maximum absolute atomic E-state index is 13.6. The van der Waals surface area contributed by atoms with Crippen molar-refractivity contribution in [2.75, 3.05) is 12.4 Å². The van der Waals surface area contributed by atoms with Gasteiger partial charge in [0.15, 0.2) is 0 Å². The van der Waals surface area contributed by atoms with Crippen LogP contribution in [0.3, 0.4) is 0 Å². The molecule has 0 heterocycles. The second-order valence-corrected chi connectivity index (χ2v) is 3.74. The summed E-state index contributed by atoms with van der Waals surface area (Å²) in [6.45, 7) is 0. The van der Waals surface area contributed by atoms with Gasteiger partial charge in [0, 0.05) is 6.07 Å². The topological polar surface area (TPSA) is 45.0 Å². The zero-order valence-corrected chi connectivity index (χ0v) is 10.1. The lowest BCUT2D eigenvalue weighted by Crippen LogP contribution is -1.99. The fraction of sp³-hybridized carbons (Fsp3) is 0.0714. The molecule has 0 atom stereocenters. The van der Waals surface area contributed by atoms with E-state index in [0.29, 0.717) is 17.0 Å². The molecule has 5 heteroatoms. The zero-order valence-electron chi connectivity index (χ0n) is 10.1. The van der Waals surface area contributed by atoms with Crippen molar-refractivity contribution in [3.8, 4) is 11.8 Å². The Hall–Kier alpha value is -2.61. The van der Waals surface area contributed by atoms with Crippen LogP contribution in [-0.2, 0) is 0 Å². The van der Waals surface area contributed by atoms with Crippen LogP contribution in [-0.4, -0.2) is 7.11 Å². The molecule has 0 spiro atoms. The van der Waals surface area contributed by atoms with Gasteiger partial charge in [0.1, 0.15) is 23.5 Å². The third-order valence-corrected chi connectivity index (χ3v) is 2.56. The lowest BCUT2D eigenvalue weighted by atomic mass is 10.1. The van der Waals surface area contributed by atoms with E-state index in [2.05, 4.69) is 5.32 Å². The number of benzene rings is 2. The second kappa shape index (κ2) is 5.36. The molecule has 0 amide bonds. The normalized spacial score (nSPS) is 9.79. The molecule has 0 saturated heterocycles. The molecule has 0 radical (unpaired) electrons. The molecule has 0 aliphatic rings. The summed E-state index contributed by atoms with van der Waals surface area (Å²) in [6, 6.07) is 10.0. The Labute approximate surface area is 109 Å². The maximum Gasteiger partial charge on any atom is 0.149 e. The fourth-order valence-corrected chi connectivity index (χ4v) is 1.65. The number of halogens is 2. The van der Waals surface area contributed by atoms with Crippen LogP contribution >= 0.6 is 0 Å². The fourth-order valence-electron chi connectivity index (χ4n) is 1.65. The Morgan fingerprint density at radius 1 is 1.21 bits per heavy atom. The van der Waals surface area contributed by atoms with Crippen molar-refractivity contribution < 1.29 is 13.5 Å². The second-order valence-electron chi connectivity index (χ2n) is 3.74. The molecule has 0 bridgehead atoms. The summed E-state index contributed by atoms with van der Waals surface area (Å²) in [5.74, 6) is -0.999. The monoisotopic (exact) mass is 260 g/mol. The van der Waals surface area contributed by atoms with Crippen LogP contribution in [0.2, 0.25) is 0 Å². The van der Waals surface area contributed by atoms with Gasteiger partial charge in [0.2, 0.25) is 0 Å². The summed E-state index contributed by atoms with van der Waals surface area (Å²) < 4.78 is 31.5. The highest BCUT2D eigenvalue weighted by Gasteiger charge is 2.11. The van der Waals surface area contributed by atoms with Crippen molar-refractivity contribution in [3.63, 3.8) is 0 Å². The largest absolute Gasteiger partial charge is 0.495 e. The Morgan fingerprint density at radius 2 is 2.00 bits per heavy atom. The van der Waals surface area contributed by atoms with Crippen LogP contribution in [0.4, 0.5) is 20.2 Å². The van der Waals surface area contributed by atoms with Gasteiger partial charge in [0.05, 0.1) is 24.0 Å². The van der Waals surface area contributed by atoms with Crippen LogP contribution in [0.15, 0.2) is 36.4 Å². The first-order valence-corrected chi connectivity index (χ1v) is 5.45. The molecule has 0 aliphatic carbocycles. The molecule has 0 saturated carbocycles. The minimum atomic E-state index is -0.741. The number of methoxy groups -OCH3 is 1. The third-order valence-electron chi connectivity index (χ3n) is 2.56. The van der Waals surface area contributed by atoms with E-state index in [-0.39, 0.29) is 5.69 Å². The summed E-state index contributed by atoms with van der Waals surface area (Å²) in [4.78, 5) is 0. The number of ether oxygens (including phenoxy) is 1. The molecule has 96 valence electrons. The number of nitrogens with one attached hydrogen (secondary N) is 1. The number of rotatable bonds is 3. The molecular weight excluding hydrogens is 250 g/mol. The van der Waals surface area contributed by atoms with Gasteiger partial charge in [-0.3, -0.25) is 0 Å². The van der Waals surface area contributed by atoms with E-state index in [9.17, 15) is 8.78 Å².